The zero-order chi connectivity index (χ0) is 13.5. The lowest BCUT2D eigenvalue weighted by molar-refractivity contribution is -0.119. The van der Waals surface area contributed by atoms with E-state index in [1.165, 1.54) is 0 Å². The van der Waals surface area contributed by atoms with Crippen LogP contribution in [0.3, 0.4) is 0 Å². The number of carbonyl (C=O) groups excluding carboxylic acids is 2. The number of hydrogen-bond donors (Lipinski definition) is 3. The van der Waals surface area contributed by atoms with Gasteiger partial charge in [0.05, 0.1) is 6.54 Å². The number of benzene rings is 1. The molecule has 1 aromatic rings. The van der Waals surface area contributed by atoms with Gasteiger partial charge in [-0.2, -0.15) is 0 Å². The maximum absolute atomic E-state index is 11.6. The molecule has 18 heavy (non-hydrogen) atoms. The molecule has 4 N–H and O–H groups in total. The molecule has 0 aliphatic heterocycles. The number of anilines is 1. The Kier molecular flexibility index (Phi) is 5.80. The molecule has 0 saturated carbocycles. The van der Waals surface area contributed by atoms with E-state index in [1.54, 1.807) is 13.0 Å². The van der Waals surface area contributed by atoms with Crippen molar-refractivity contribution >= 4 is 33.4 Å². The van der Waals surface area contributed by atoms with Crippen molar-refractivity contribution in [3.8, 4) is 0 Å². The highest BCUT2D eigenvalue weighted by Gasteiger charge is 2.08. The number of hydrogen-bond acceptors (Lipinski definition) is 3. The zero-order valence-corrected chi connectivity index (χ0v) is 11.7. The normalized spacial score (nSPS) is 11.9. The molecular weight excluding hydrogens is 298 g/mol. The Morgan fingerprint density at radius 1 is 1.44 bits per heavy atom. The average Bonchev–Trinajstić information content (AvgIpc) is 2.25. The van der Waals surface area contributed by atoms with Gasteiger partial charge in [-0.25, -0.2) is 0 Å². The van der Waals surface area contributed by atoms with Gasteiger partial charge in [-0.1, -0.05) is 22.0 Å². The van der Waals surface area contributed by atoms with Gasteiger partial charge in [0.25, 0.3) is 0 Å². The third-order valence-corrected chi connectivity index (χ3v) is 2.72. The number of carbonyl (C=O) groups is 2. The van der Waals surface area contributed by atoms with E-state index in [2.05, 4.69) is 26.6 Å². The molecule has 0 aliphatic rings. The third-order valence-electron chi connectivity index (χ3n) is 2.23. The minimum atomic E-state index is -0.387. The van der Waals surface area contributed by atoms with Crippen molar-refractivity contribution in [2.24, 2.45) is 5.73 Å². The van der Waals surface area contributed by atoms with Gasteiger partial charge in [-0.15, -0.1) is 0 Å². The predicted octanol–water partition coefficient (Wildman–Crippen LogP) is 1.24. The van der Waals surface area contributed by atoms with E-state index in [-0.39, 0.29) is 30.8 Å². The molecule has 0 radical (unpaired) electrons. The van der Waals surface area contributed by atoms with Gasteiger partial charge in [0.15, 0.2) is 0 Å². The van der Waals surface area contributed by atoms with Crippen molar-refractivity contribution in [3.63, 3.8) is 0 Å². The van der Waals surface area contributed by atoms with Gasteiger partial charge in [0.1, 0.15) is 0 Å². The Labute approximate surface area is 114 Å². The summed E-state index contributed by atoms with van der Waals surface area (Å²) in [4.78, 5) is 22.3. The van der Waals surface area contributed by atoms with Gasteiger partial charge >= 0.3 is 0 Å². The first-order valence-electron chi connectivity index (χ1n) is 5.54. The Morgan fingerprint density at radius 3 is 2.78 bits per heavy atom. The van der Waals surface area contributed by atoms with Crippen molar-refractivity contribution in [3.05, 3.63) is 28.7 Å². The summed E-state index contributed by atoms with van der Waals surface area (Å²) >= 11 is 3.32. The SMILES string of the molecule is CC(CC(N)=O)NCC(=O)Nc1cccc(Br)c1. The summed E-state index contributed by atoms with van der Waals surface area (Å²) in [5, 5.41) is 5.67. The summed E-state index contributed by atoms with van der Waals surface area (Å²) in [7, 11) is 0. The van der Waals surface area contributed by atoms with E-state index >= 15 is 0 Å². The Morgan fingerprint density at radius 2 is 2.17 bits per heavy atom. The van der Waals surface area contributed by atoms with Crippen molar-refractivity contribution in [1.82, 2.24) is 5.32 Å². The van der Waals surface area contributed by atoms with Crippen LogP contribution in [0.2, 0.25) is 0 Å². The van der Waals surface area contributed by atoms with Crippen LogP contribution in [0.15, 0.2) is 28.7 Å². The topological polar surface area (TPSA) is 84.2 Å². The molecule has 0 aliphatic carbocycles. The number of nitrogens with two attached hydrogens (primary N) is 1. The van der Waals surface area contributed by atoms with Crippen molar-refractivity contribution in [1.29, 1.82) is 0 Å². The van der Waals surface area contributed by atoms with Crippen LogP contribution in [-0.4, -0.2) is 24.4 Å². The summed E-state index contributed by atoms with van der Waals surface area (Å²) < 4.78 is 0.898. The first kappa shape index (κ1) is 14.7. The maximum atomic E-state index is 11.6. The predicted molar refractivity (Wildman–Crippen MR) is 74.0 cm³/mol. The molecule has 0 fully saturated rings. The molecule has 5 nitrogen and oxygen atoms in total. The minimum Gasteiger partial charge on any atom is -0.370 e. The summed E-state index contributed by atoms with van der Waals surface area (Å²) in [6, 6.07) is 7.21. The summed E-state index contributed by atoms with van der Waals surface area (Å²) in [6.45, 7) is 1.94. The van der Waals surface area contributed by atoms with E-state index in [0.717, 1.165) is 10.2 Å². The third kappa shape index (κ3) is 5.79. The van der Waals surface area contributed by atoms with E-state index in [0.29, 0.717) is 0 Å². The summed E-state index contributed by atoms with van der Waals surface area (Å²) in [5.41, 5.74) is 5.78. The smallest absolute Gasteiger partial charge is 0.238 e. The quantitative estimate of drug-likeness (QED) is 0.738. The molecule has 1 rings (SSSR count). The van der Waals surface area contributed by atoms with Crippen molar-refractivity contribution in [2.45, 2.75) is 19.4 Å². The molecule has 2 amide bonds. The lowest BCUT2D eigenvalue weighted by Gasteiger charge is -2.12. The maximum Gasteiger partial charge on any atom is 0.238 e. The summed E-state index contributed by atoms with van der Waals surface area (Å²) in [5.74, 6) is -0.549. The van der Waals surface area contributed by atoms with Crippen LogP contribution in [-0.2, 0) is 9.59 Å². The largest absolute Gasteiger partial charge is 0.370 e. The van der Waals surface area contributed by atoms with E-state index in [4.69, 9.17) is 5.73 Å². The molecule has 1 aromatic carbocycles. The number of primary amides is 1. The van der Waals surface area contributed by atoms with Crippen molar-refractivity contribution in [2.75, 3.05) is 11.9 Å². The van der Waals surface area contributed by atoms with Crippen LogP contribution < -0.4 is 16.4 Å². The molecule has 98 valence electrons. The highest BCUT2D eigenvalue weighted by Crippen LogP contribution is 2.15. The van der Waals surface area contributed by atoms with Crippen molar-refractivity contribution < 1.29 is 9.59 Å². The average molecular weight is 314 g/mol. The van der Waals surface area contributed by atoms with Gasteiger partial charge in [-0.05, 0) is 25.1 Å². The van der Waals surface area contributed by atoms with Crippen LogP contribution in [0.5, 0.6) is 0 Å². The standard InChI is InChI=1S/C12H16BrN3O2/c1-8(5-11(14)17)15-7-12(18)16-10-4-2-3-9(13)6-10/h2-4,6,8,15H,5,7H2,1H3,(H2,14,17)(H,16,18). The second kappa shape index (κ2) is 7.13. The first-order chi connectivity index (χ1) is 8.47. The van der Waals surface area contributed by atoms with Crippen LogP contribution in [0.4, 0.5) is 5.69 Å². The van der Waals surface area contributed by atoms with Crippen LogP contribution in [0, 0.1) is 0 Å². The molecule has 0 heterocycles. The first-order valence-corrected chi connectivity index (χ1v) is 6.34. The second-order valence-electron chi connectivity index (χ2n) is 4.01. The van der Waals surface area contributed by atoms with E-state index in [9.17, 15) is 9.59 Å². The highest BCUT2D eigenvalue weighted by molar-refractivity contribution is 9.10. The lowest BCUT2D eigenvalue weighted by atomic mass is 10.2. The van der Waals surface area contributed by atoms with E-state index < -0.39 is 0 Å². The fraction of sp³-hybridized carbons (Fsp3) is 0.333. The number of halogens is 1. The molecule has 0 saturated heterocycles. The fourth-order valence-corrected chi connectivity index (χ4v) is 1.81. The molecule has 0 aromatic heterocycles. The van der Waals surface area contributed by atoms with Crippen LogP contribution in [0.1, 0.15) is 13.3 Å². The molecule has 1 unspecified atom stereocenters. The number of amides is 2. The lowest BCUT2D eigenvalue weighted by Crippen LogP contribution is -2.36. The number of rotatable bonds is 6. The molecule has 1 atom stereocenters. The Balaban J connectivity index is 2.36. The van der Waals surface area contributed by atoms with Gasteiger partial charge in [-0.3, -0.25) is 9.59 Å². The Bertz CT molecular complexity index is 437. The molecule has 0 spiro atoms. The molecular formula is C12H16BrN3O2. The van der Waals surface area contributed by atoms with Gasteiger partial charge in [0.2, 0.25) is 11.8 Å². The molecule has 6 heteroatoms. The summed E-state index contributed by atoms with van der Waals surface area (Å²) in [6.07, 6.45) is 0.212. The monoisotopic (exact) mass is 313 g/mol. The van der Waals surface area contributed by atoms with Gasteiger partial charge in [0, 0.05) is 22.6 Å². The van der Waals surface area contributed by atoms with Gasteiger partial charge < -0.3 is 16.4 Å². The highest BCUT2D eigenvalue weighted by atomic mass is 79.9. The van der Waals surface area contributed by atoms with E-state index in [1.807, 2.05) is 18.2 Å². The Hall–Kier alpha value is -1.40. The van der Waals surface area contributed by atoms with Crippen LogP contribution >= 0.6 is 15.9 Å². The second-order valence-corrected chi connectivity index (χ2v) is 4.93. The fourth-order valence-electron chi connectivity index (χ4n) is 1.41. The minimum absolute atomic E-state index is 0.115. The van der Waals surface area contributed by atoms with Crippen LogP contribution in [0.25, 0.3) is 0 Å². The molecule has 0 bridgehead atoms. The number of nitrogens with one attached hydrogen (secondary N) is 2. The zero-order valence-electron chi connectivity index (χ0n) is 10.1.